The van der Waals surface area contributed by atoms with Crippen molar-refractivity contribution in [3.63, 3.8) is 0 Å². The molecule has 6 nitrogen and oxygen atoms in total. The fourth-order valence-electron chi connectivity index (χ4n) is 2.70. The van der Waals surface area contributed by atoms with E-state index in [9.17, 15) is 0 Å². The first-order valence-electron chi connectivity index (χ1n) is 7.84. The second-order valence-electron chi connectivity index (χ2n) is 5.69. The van der Waals surface area contributed by atoms with Crippen LogP contribution in [0.1, 0.15) is 18.5 Å². The second kappa shape index (κ2) is 6.49. The van der Waals surface area contributed by atoms with Crippen molar-refractivity contribution in [2.45, 2.75) is 13.0 Å². The third-order valence-corrected chi connectivity index (χ3v) is 4.40. The Bertz CT molecular complexity index is 991. The van der Waals surface area contributed by atoms with Gasteiger partial charge in [-0.05, 0) is 24.6 Å². The van der Waals surface area contributed by atoms with E-state index in [-0.39, 0.29) is 6.04 Å². The zero-order valence-corrected chi connectivity index (χ0v) is 14.2. The average molecular weight is 351 g/mol. The lowest BCUT2D eigenvalue weighted by Crippen LogP contribution is -2.03. The summed E-state index contributed by atoms with van der Waals surface area (Å²) in [5, 5.41) is 10.8. The van der Waals surface area contributed by atoms with Gasteiger partial charge in [0.15, 0.2) is 5.15 Å². The highest BCUT2D eigenvalue weighted by atomic mass is 35.5. The number of benzene rings is 1. The molecule has 0 aliphatic rings. The first-order valence-corrected chi connectivity index (χ1v) is 8.21. The molecule has 4 rings (SSSR count). The summed E-state index contributed by atoms with van der Waals surface area (Å²) < 4.78 is 2.07. The summed E-state index contributed by atoms with van der Waals surface area (Å²) in [4.78, 5) is 8.92. The topological polar surface area (TPSA) is 72.3 Å². The summed E-state index contributed by atoms with van der Waals surface area (Å²) >= 11 is 6.04. The van der Waals surface area contributed by atoms with Crippen LogP contribution in [0.5, 0.6) is 0 Å². The van der Waals surface area contributed by atoms with Crippen LogP contribution >= 0.6 is 11.6 Å². The standard InChI is InChI=1S/C18H15ClN6/c1-12(13-5-3-2-4-6-13)25-10-16(21-11-25)15-9-14(7-8-20-15)17-18(19)23-24-22-17/h2-12H,1H3,(H,22,23,24). The second-order valence-corrected chi connectivity index (χ2v) is 6.04. The lowest BCUT2D eigenvalue weighted by molar-refractivity contribution is 0.638. The van der Waals surface area contributed by atoms with Gasteiger partial charge in [-0.2, -0.15) is 10.3 Å². The summed E-state index contributed by atoms with van der Waals surface area (Å²) in [6.07, 6.45) is 5.54. The van der Waals surface area contributed by atoms with Crippen LogP contribution in [0.2, 0.25) is 5.15 Å². The fourth-order valence-corrected chi connectivity index (χ4v) is 2.89. The highest BCUT2D eigenvalue weighted by molar-refractivity contribution is 6.31. The molecule has 0 saturated heterocycles. The van der Waals surface area contributed by atoms with Crippen molar-refractivity contribution in [2.75, 3.05) is 0 Å². The minimum absolute atomic E-state index is 0.190. The molecule has 7 heteroatoms. The Morgan fingerprint density at radius 3 is 2.64 bits per heavy atom. The maximum atomic E-state index is 6.04. The molecule has 25 heavy (non-hydrogen) atoms. The number of hydrogen-bond acceptors (Lipinski definition) is 4. The lowest BCUT2D eigenvalue weighted by atomic mass is 10.1. The molecule has 4 aromatic rings. The molecule has 124 valence electrons. The van der Waals surface area contributed by atoms with E-state index < -0.39 is 0 Å². The zero-order chi connectivity index (χ0) is 17.2. The van der Waals surface area contributed by atoms with Gasteiger partial charge >= 0.3 is 0 Å². The molecule has 3 aromatic heterocycles. The van der Waals surface area contributed by atoms with Gasteiger partial charge in [0.2, 0.25) is 0 Å². The quantitative estimate of drug-likeness (QED) is 0.604. The maximum Gasteiger partial charge on any atom is 0.179 e. The Morgan fingerprint density at radius 1 is 1.04 bits per heavy atom. The van der Waals surface area contributed by atoms with Crippen LogP contribution in [-0.4, -0.2) is 29.9 Å². The van der Waals surface area contributed by atoms with E-state index in [2.05, 4.69) is 49.0 Å². The molecule has 1 unspecified atom stereocenters. The van der Waals surface area contributed by atoms with Crippen LogP contribution in [0, 0.1) is 0 Å². The van der Waals surface area contributed by atoms with E-state index >= 15 is 0 Å². The van der Waals surface area contributed by atoms with Crippen LogP contribution in [0.3, 0.4) is 0 Å². The van der Waals surface area contributed by atoms with Crippen molar-refractivity contribution in [1.29, 1.82) is 0 Å². The average Bonchev–Trinajstić information content (AvgIpc) is 3.31. The number of aromatic amines is 1. The van der Waals surface area contributed by atoms with Crippen molar-refractivity contribution in [3.05, 3.63) is 71.9 Å². The summed E-state index contributed by atoms with van der Waals surface area (Å²) in [5.74, 6) is 0. The van der Waals surface area contributed by atoms with Crippen molar-refractivity contribution in [1.82, 2.24) is 29.9 Å². The van der Waals surface area contributed by atoms with Gasteiger partial charge in [0.05, 0.1) is 18.1 Å². The molecule has 0 bridgehead atoms. The van der Waals surface area contributed by atoms with Crippen LogP contribution in [-0.2, 0) is 0 Å². The molecule has 0 aliphatic carbocycles. The fraction of sp³-hybridized carbons (Fsp3) is 0.111. The Balaban J connectivity index is 1.66. The van der Waals surface area contributed by atoms with Gasteiger partial charge in [-0.3, -0.25) is 4.98 Å². The van der Waals surface area contributed by atoms with Gasteiger partial charge < -0.3 is 4.57 Å². The van der Waals surface area contributed by atoms with E-state index in [0.29, 0.717) is 10.8 Å². The molecule has 1 atom stereocenters. The molecule has 0 aliphatic heterocycles. The Kier molecular flexibility index (Phi) is 4.03. The summed E-state index contributed by atoms with van der Waals surface area (Å²) in [6.45, 7) is 2.14. The number of nitrogens with zero attached hydrogens (tertiary/aromatic N) is 5. The minimum atomic E-state index is 0.190. The molecular weight excluding hydrogens is 336 g/mol. The normalized spacial score (nSPS) is 12.2. The first kappa shape index (κ1) is 15.5. The number of imidazole rings is 1. The monoisotopic (exact) mass is 350 g/mol. The summed E-state index contributed by atoms with van der Waals surface area (Å²) in [7, 11) is 0. The van der Waals surface area contributed by atoms with Gasteiger partial charge in [-0.15, -0.1) is 5.10 Å². The van der Waals surface area contributed by atoms with E-state index in [1.165, 1.54) is 5.56 Å². The minimum Gasteiger partial charge on any atom is -0.330 e. The van der Waals surface area contributed by atoms with E-state index in [1.54, 1.807) is 6.20 Å². The van der Waals surface area contributed by atoms with E-state index in [1.807, 2.05) is 42.9 Å². The van der Waals surface area contributed by atoms with Crippen molar-refractivity contribution in [2.24, 2.45) is 0 Å². The van der Waals surface area contributed by atoms with Crippen molar-refractivity contribution in [3.8, 4) is 22.6 Å². The Labute approximate surface area is 149 Å². The van der Waals surface area contributed by atoms with Crippen molar-refractivity contribution >= 4 is 11.6 Å². The van der Waals surface area contributed by atoms with E-state index in [0.717, 1.165) is 17.0 Å². The number of pyridine rings is 1. The van der Waals surface area contributed by atoms with Crippen LogP contribution in [0.25, 0.3) is 22.6 Å². The maximum absolute atomic E-state index is 6.04. The van der Waals surface area contributed by atoms with Crippen LogP contribution < -0.4 is 0 Å². The number of aromatic nitrogens is 6. The molecule has 0 spiro atoms. The van der Waals surface area contributed by atoms with Gasteiger partial charge in [0.1, 0.15) is 11.4 Å². The molecule has 0 amide bonds. The Hall–Kier alpha value is -2.99. The predicted octanol–water partition coefficient (Wildman–Crippen LogP) is 3.99. The van der Waals surface area contributed by atoms with Crippen LogP contribution in [0.4, 0.5) is 0 Å². The number of H-pyrrole nitrogens is 1. The summed E-state index contributed by atoms with van der Waals surface area (Å²) in [5.41, 5.74) is 4.22. The Morgan fingerprint density at radius 2 is 1.88 bits per heavy atom. The first-order chi connectivity index (χ1) is 12.2. The molecule has 3 heterocycles. The zero-order valence-electron chi connectivity index (χ0n) is 13.5. The van der Waals surface area contributed by atoms with Gasteiger partial charge in [-0.1, -0.05) is 41.9 Å². The molecule has 1 N–H and O–H groups in total. The molecule has 0 fully saturated rings. The number of hydrogen-bond donors (Lipinski definition) is 1. The number of nitrogens with one attached hydrogen (secondary N) is 1. The lowest BCUT2D eigenvalue weighted by Gasteiger charge is -2.12. The van der Waals surface area contributed by atoms with Crippen LogP contribution in [0.15, 0.2) is 61.2 Å². The van der Waals surface area contributed by atoms with Crippen molar-refractivity contribution < 1.29 is 0 Å². The third kappa shape index (κ3) is 3.04. The highest BCUT2D eigenvalue weighted by Gasteiger charge is 2.13. The highest BCUT2D eigenvalue weighted by Crippen LogP contribution is 2.27. The van der Waals surface area contributed by atoms with Gasteiger partial charge in [-0.25, -0.2) is 4.98 Å². The number of rotatable bonds is 4. The molecular formula is C18H15ClN6. The smallest absolute Gasteiger partial charge is 0.179 e. The predicted molar refractivity (Wildman–Crippen MR) is 96.1 cm³/mol. The summed E-state index contributed by atoms with van der Waals surface area (Å²) in [6, 6.07) is 14.2. The van der Waals surface area contributed by atoms with E-state index in [4.69, 9.17) is 11.6 Å². The number of halogens is 1. The third-order valence-electron chi connectivity index (χ3n) is 4.13. The van der Waals surface area contributed by atoms with Gasteiger partial charge in [0, 0.05) is 18.0 Å². The largest absolute Gasteiger partial charge is 0.330 e. The van der Waals surface area contributed by atoms with Gasteiger partial charge in [0.25, 0.3) is 0 Å². The SMILES string of the molecule is CC(c1ccccc1)n1cnc(-c2cc(-c3n[nH]nc3Cl)ccn2)c1. The molecule has 0 radical (unpaired) electrons. The molecule has 0 saturated carbocycles. The molecule has 1 aromatic carbocycles.